The van der Waals surface area contributed by atoms with Crippen LogP contribution in [0.25, 0.3) is 27.7 Å². The van der Waals surface area contributed by atoms with Crippen LogP contribution in [-0.2, 0) is 4.79 Å². The Hall–Kier alpha value is -2.81. The van der Waals surface area contributed by atoms with Gasteiger partial charge in [0.15, 0.2) is 5.78 Å². The van der Waals surface area contributed by atoms with Gasteiger partial charge in [0.25, 0.3) is 0 Å². The highest BCUT2D eigenvalue weighted by molar-refractivity contribution is 6.25. The molecule has 0 aliphatic carbocycles. The van der Waals surface area contributed by atoms with Crippen molar-refractivity contribution in [2.75, 3.05) is 0 Å². The number of aromatic nitrogens is 1. The Labute approximate surface area is 128 Å². The Bertz CT molecular complexity index is 869. The number of Topliss-reactive ketones (excluding diaryl/α,β-unsaturated/α-hetero) is 1. The molecule has 110 valence electrons. The minimum atomic E-state index is -0.151. The molecule has 0 saturated heterocycles. The minimum absolute atomic E-state index is 0.0365. The van der Waals surface area contributed by atoms with Gasteiger partial charge in [0.05, 0.1) is 11.3 Å². The topological polar surface area (TPSA) is 53.1 Å². The molecule has 0 spiro atoms. The molecule has 0 fully saturated rings. The normalized spacial score (nSPS) is 12.3. The molecule has 0 aliphatic heterocycles. The number of carbonyl (C=O) groups excluding carboxylic acids is 1. The maximum atomic E-state index is 12.1. The van der Waals surface area contributed by atoms with Crippen LogP contribution >= 0.6 is 0 Å². The fraction of sp³-hybridized carbons (Fsp3) is 0.105. The van der Waals surface area contributed by atoms with E-state index in [0.29, 0.717) is 5.57 Å². The number of ketones is 1. The lowest BCUT2D eigenvalue weighted by molar-refractivity contribution is -0.111. The first kappa shape index (κ1) is 14.1. The zero-order valence-corrected chi connectivity index (χ0v) is 12.6. The lowest BCUT2D eigenvalue weighted by Crippen LogP contribution is -2.00. The molecule has 1 aromatic heterocycles. The maximum absolute atomic E-state index is 12.1. The molecule has 1 heterocycles. The number of H-pyrrole nitrogens is 1. The fourth-order valence-electron chi connectivity index (χ4n) is 2.83. The number of nitrogens with one attached hydrogen (secondary N) is 1. The van der Waals surface area contributed by atoms with Crippen LogP contribution in [0.3, 0.4) is 0 Å². The van der Waals surface area contributed by atoms with Crippen molar-refractivity contribution in [2.45, 2.75) is 13.8 Å². The van der Waals surface area contributed by atoms with E-state index < -0.39 is 0 Å². The molecule has 3 nitrogen and oxygen atoms in total. The molecule has 0 aliphatic rings. The number of rotatable bonds is 3. The third-order valence-electron chi connectivity index (χ3n) is 3.73. The molecule has 0 unspecified atom stereocenters. The summed E-state index contributed by atoms with van der Waals surface area (Å²) < 4.78 is 0. The molecule has 0 amide bonds. The van der Waals surface area contributed by atoms with Crippen molar-refractivity contribution >= 4 is 22.3 Å². The summed E-state index contributed by atoms with van der Waals surface area (Å²) in [5, 5.41) is 11.0. The van der Waals surface area contributed by atoms with Crippen molar-refractivity contribution in [3.63, 3.8) is 0 Å². The zero-order valence-electron chi connectivity index (χ0n) is 12.6. The van der Waals surface area contributed by atoms with Crippen LogP contribution in [-0.4, -0.2) is 15.9 Å². The quantitative estimate of drug-likeness (QED) is 0.542. The van der Waals surface area contributed by atoms with Gasteiger partial charge in [-0.2, -0.15) is 0 Å². The van der Waals surface area contributed by atoms with E-state index in [9.17, 15) is 9.90 Å². The predicted molar refractivity (Wildman–Crippen MR) is 89.6 cm³/mol. The van der Waals surface area contributed by atoms with E-state index in [1.54, 1.807) is 6.92 Å². The standard InChI is InChI=1S/C19H17NO2/c1-12(21)17(13(2)22)18-15-10-6-7-11-16(15)20-19(18)14-8-4-3-5-9-14/h3-11,20-21H,1-2H3/b17-12+. The molecule has 3 rings (SSSR count). The number of aromatic amines is 1. The van der Waals surface area contributed by atoms with Crippen molar-refractivity contribution < 1.29 is 9.90 Å². The smallest absolute Gasteiger partial charge is 0.163 e. The molecule has 22 heavy (non-hydrogen) atoms. The summed E-state index contributed by atoms with van der Waals surface area (Å²) in [7, 11) is 0. The van der Waals surface area contributed by atoms with Crippen LogP contribution in [0.15, 0.2) is 60.4 Å². The second kappa shape index (κ2) is 5.53. The number of carbonyl (C=O) groups is 1. The van der Waals surface area contributed by atoms with Gasteiger partial charge in [0.2, 0.25) is 0 Å². The number of aliphatic hydroxyl groups is 1. The van der Waals surface area contributed by atoms with E-state index >= 15 is 0 Å². The fourth-order valence-corrected chi connectivity index (χ4v) is 2.83. The summed E-state index contributed by atoms with van der Waals surface area (Å²) in [4.78, 5) is 15.5. The van der Waals surface area contributed by atoms with Gasteiger partial charge in [0.1, 0.15) is 5.76 Å². The van der Waals surface area contributed by atoms with Crippen LogP contribution in [0.4, 0.5) is 0 Å². The third-order valence-corrected chi connectivity index (χ3v) is 3.73. The van der Waals surface area contributed by atoms with E-state index in [1.807, 2.05) is 54.6 Å². The highest BCUT2D eigenvalue weighted by Gasteiger charge is 2.21. The Morgan fingerprint density at radius 3 is 2.23 bits per heavy atom. The molecule has 0 saturated carbocycles. The van der Waals surface area contributed by atoms with Gasteiger partial charge in [-0.05, 0) is 25.5 Å². The van der Waals surface area contributed by atoms with E-state index in [1.165, 1.54) is 6.92 Å². The number of allylic oxidation sites excluding steroid dienone is 2. The minimum Gasteiger partial charge on any atom is -0.512 e. The van der Waals surface area contributed by atoms with Crippen LogP contribution in [0.5, 0.6) is 0 Å². The van der Waals surface area contributed by atoms with E-state index in [0.717, 1.165) is 27.7 Å². The average molecular weight is 291 g/mol. The van der Waals surface area contributed by atoms with Crippen LogP contribution in [0.1, 0.15) is 19.4 Å². The molecule has 0 atom stereocenters. The van der Waals surface area contributed by atoms with Gasteiger partial charge in [-0.1, -0.05) is 48.5 Å². The van der Waals surface area contributed by atoms with Crippen molar-refractivity contribution in [2.24, 2.45) is 0 Å². The van der Waals surface area contributed by atoms with Crippen molar-refractivity contribution in [1.82, 2.24) is 4.98 Å². The van der Waals surface area contributed by atoms with Crippen LogP contribution < -0.4 is 0 Å². The third kappa shape index (κ3) is 2.31. The van der Waals surface area contributed by atoms with Gasteiger partial charge in [-0.25, -0.2) is 0 Å². The van der Waals surface area contributed by atoms with Gasteiger partial charge in [-0.3, -0.25) is 4.79 Å². The molecule has 2 aromatic carbocycles. The molecular weight excluding hydrogens is 274 g/mol. The van der Waals surface area contributed by atoms with Crippen molar-refractivity contribution in [3.05, 3.63) is 65.9 Å². The van der Waals surface area contributed by atoms with E-state index in [4.69, 9.17) is 0 Å². The maximum Gasteiger partial charge on any atom is 0.163 e. The van der Waals surface area contributed by atoms with E-state index in [-0.39, 0.29) is 11.5 Å². The summed E-state index contributed by atoms with van der Waals surface area (Å²) >= 11 is 0. The first-order valence-corrected chi connectivity index (χ1v) is 7.17. The second-order valence-corrected chi connectivity index (χ2v) is 5.30. The van der Waals surface area contributed by atoms with Crippen LogP contribution in [0, 0.1) is 0 Å². The Morgan fingerprint density at radius 2 is 1.59 bits per heavy atom. The van der Waals surface area contributed by atoms with Crippen LogP contribution in [0.2, 0.25) is 0 Å². The Kier molecular flexibility index (Phi) is 3.55. The van der Waals surface area contributed by atoms with Crippen molar-refractivity contribution in [1.29, 1.82) is 0 Å². The molecular formula is C19H17NO2. The Balaban J connectivity index is 2.41. The molecule has 2 N–H and O–H groups in total. The number of para-hydroxylation sites is 1. The highest BCUT2D eigenvalue weighted by Crippen LogP contribution is 2.36. The van der Waals surface area contributed by atoms with Gasteiger partial charge in [0, 0.05) is 16.5 Å². The second-order valence-electron chi connectivity index (χ2n) is 5.30. The first-order valence-electron chi connectivity index (χ1n) is 7.17. The van der Waals surface area contributed by atoms with Crippen molar-refractivity contribution in [3.8, 4) is 11.3 Å². The number of hydrogen-bond acceptors (Lipinski definition) is 2. The SMILES string of the molecule is CC(=O)/C(=C(/C)O)c1c(-c2ccccc2)[nH]c2ccccc12. The molecule has 3 aromatic rings. The average Bonchev–Trinajstić information content (AvgIpc) is 2.87. The largest absolute Gasteiger partial charge is 0.512 e. The monoisotopic (exact) mass is 291 g/mol. The number of hydrogen-bond donors (Lipinski definition) is 2. The summed E-state index contributed by atoms with van der Waals surface area (Å²) in [5.41, 5.74) is 3.89. The number of benzene rings is 2. The lowest BCUT2D eigenvalue weighted by Gasteiger charge is -2.08. The summed E-state index contributed by atoms with van der Waals surface area (Å²) in [6.45, 7) is 3.03. The Morgan fingerprint density at radius 1 is 0.955 bits per heavy atom. The van der Waals surface area contributed by atoms with Gasteiger partial charge >= 0.3 is 0 Å². The highest BCUT2D eigenvalue weighted by atomic mass is 16.3. The van der Waals surface area contributed by atoms with Gasteiger partial charge in [-0.15, -0.1) is 0 Å². The first-order chi connectivity index (χ1) is 10.6. The summed E-state index contributed by atoms with van der Waals surface area (Å²) in [5.74, 6) is -0.114. The summed E-state index contributed by atoms with van der Waals surface area (Å²) in [6.07, 6.45) is 0. The number of aliphatic hydroxyl groups excluding tert-OH is 1. The molecule has 0 bridgehead atoms. The predicted octanol–water partition coefficient (Wildman–Crippen LogP) is 4.71. The summed E-state index contributed by atoms with van der Waals surface area (Å²) in [6, 6.07) is 17.6. The lowest BCUT2D eigenvalue weighted by atomic mass is 9.95. The molecule has 3 heteroatoms. The zero-order chi connectivity index (χ0) is 15.7. The molecule has 0 radical (unpaired) electrons. The van der Waals surface area contributed by atoms with E-state index in [2.05, 4.69) is 4.98 Å². The van der Waals surface area contributed by atoms with Gasteiger partial charge < -0.3 is 10.1 Å². The number of fused-ring (bicyclic) bond motifs is 1.